The zero-order valence-corrected chi connectivity index (χ0v) is 13.0. The minimum atomic E-state index is 0.241. The van der Waals surface area contributed by atoms with Gasteiger partial charge in [0.25, 0.3) is 0 Å². The molecule has 1 aromatic carbocycles. The van der Waals surface area contributed by atoms with Gasteiger partial charge >= 0.3 is 0 Å². The summed E-state index contributed by atoms with van der Waals surface area (Å²) in [6.45, 7) is 4.89. The van der Waals surface area contributed by atoms with Gasteiger partial charge in [-0.05, 0) is 32.0 Å². The predicted molar refractivity (Wildman–Crippen MR) is 85.7 cm³/mol. The molecular formula is C16H18N4S. The molecule has 3 aromatic rings. The van der Waals surface area contributed by atoms with Crippen LogP contribution in [0.15, 0.2) is 48.0 Å². The molecule has 1 unspecified atom stereocenters. The van der Waals surface area contributed by atoms with Crippen molar-refractivity contribution in [2.24, 2.45) is 0 Å². The van der Waals surface area contributed by atoms with Crippen LogP contribution in [0.3, 0.4) is 0 Å². The van der Waals surface area contributed by atoms with Gasteiger partial charge in [0.1, 0.15) is 5.01 Å². The van der Waals surface area contributed by atoms with Crippen LogP contribution in [-0.4, -0.2) is 14.8 Å². The summed E-state index contributed by atoms with van der Waals surface area (Å²) in [5.41, 5.74) is 3.18. The van der Waals surface area contributed by atoms with E-state index in [1.54, 1.807) is 11.3 Å². The van der Waals surface area contributed by atoms with E-state index < -0.39 is 0 Å². The van der Waals surface area contributed by atoms with Gasteiger partial charge in [-0.2, -0.15) is 5.10 Å². The molecule has 0 radical (unpaired) electrons. The Bertz CT molecular complexity index is 702. The third-order valence-electron chi connectivity index (χ3n) is 3.26. The van der Waals surface area contributed by atoms with E-state index >= 15 is 0 Å². The average molecular weight is 298 g/mol. The highest BCUT2D eigenvalue weighted by molar-refractivity contribution is 7.09. The molecule has 2 aromatic heterocycles. The van der Waals surface area contributed by atoms with Crippen LogP contribution in [0.5, 0.6) is 0 Å². The fourth-order valence-electron chi connectivity index (χ4n) is 2.10. The lowest BCUT2D eigenvalue weighted by atomic mass is 10.3. The Hall–Kier alpha value is -1.98. The Morgan fingerprint density at radius 1 is 1.24 bits per heavy atom. The number of hydrogen-bond acceptors (Lipinski definition) is 4. The van der Waals surface area contributed by atoms with Crippen molar-refractivity contribution in [3.63, 3.8) is 0 Å². The Morgan fingerprint density at radius 2 is 2.05 bits per heavy atom. The summed E-state index contributed by atoms with van der Waals surface area (Å²) in [6, 6.07) is 12.4. The first-order valence-electron chi connectivity index (χ1n) is 6.98. The molecule has 0 aliphatic rings. The Balaban J connectivity index is 1.63. The quantitative estimate of drug-likeness (QED) is 0.784. The first-order chi connectivity index (χ1) is 10.2. The van der Waals surface area contributed by atoms with Gasteiger partial charge in [-0.1, -0.05) is 18.2 Å². The smallest absolute Gasteiger partial charge is 0.110 e. The van der Waals surface area contributed by atoms with Gasteiger partial charge in [0.05, 0.1) is 17.4 Å². The van der Waals surface area contributed by atoms with Crippen LogP contribution in [0.2, 0.25) is 0 Å². The van der Waals surface area contributed by atoms with Crippen molar-refractivity contribution < 1.29 is 0 Å². The molecular weight excluding hydrogens is 280 g/mol. The maximum atomic E-state index is 4.59. The van der Waals surface area contributed by atoms with Crippen LogP contribution in [0, 0.1) is 6.92 Å². The zero-order chi connectivity index (χ0) is 14.7. The largest absolute Gasteiger partial charge is 0.302 e. The summed E-state index contributed by atoms with van der Waals surface area (Å²) in [5, 5.41) is 11.3. The number of benzene rings is 1. The SMILES string of the molecule is Cc1csc(C(C)NCc2ccn(-c3ccccc3)n2)n1. The molecule has 0 aliphatic carbocycles. The van der Waals surface area contributed by atoms with E-state index in [1.165, 1.54) is 0 Å². The summed E-state index contributed by atoms with van der Waals surface area (Å²) >= 11 is 1.70. The average Bonchev–Trinajstić information content (AvgIpc) is 3.15. The van der Waals surface area contributed by atoms with Crippen molar-refractivity contribution in [1.82, 2.24) is 20.1 Å². The predicted octanol–water partition coefficient (Wildman–Crippen LogP) is 3.49. The molecule has 4 nitrogen and oxygen atoms in total. The lowest BCUT2D eigenvalue weighted by Gasteiger charge is -2.09. The van der Waals surface area contributed by atoms with Crippen molar-refractivity contribution >= 4 is 11.3 Å². The number of thiazole rings is 1. The molecule has 0 spiro atoms. The molecule has 0 saturated carbocycles. The van der Waals surface area contributed by atoms with Gasteiger partial charge in [-0.3, -0.25) is 0 Å². The molecule has 1 N–H and O–H groups in total. The number of nitrogens with zero attached hydrogens (tertiary/aromatic N) is 3. The maximum absolute atomic E-state index is 4.59. The van der Waals surface area contributed by atoms with Gasteiger partial charge in [0, 0.05) is 23.8 Å². The van der Waals surface area contributed by atoms with Crippen molar-refractivity contribution in [3.8, 4) is 5.69 Å². The standard InChI is InChI=1S/C16H18N4S/c1-12-11-21-16(18-12)13(2)17-10-14-8-9-20(19-14)15-6-4-3-5-7-15/h3-9,11,13,17H,10H2,1-2H3. The highest BCUT2D eigenvalue weighted by Crippen LogP contribution is 2.17. The molecule has 108 valence electrons. The zero-order valence-electron chi connectivity index (χ0n) is 12.2. The van der Waals surface area contributed by atoms with E-state index in [0.717, 1.165) is 28.6 Å². The first kappa shape index (κ1) is 14.0. The molecule has 0 fully saturated rings. The highest BCUT2D eigenvalue weighted by Gasteiger charge is 2.09. The van der Waals surface area contributed by atoms with Gasteiger partial charge in [-0.15, -0.1) is 11.3 Å². The van der Waals surface area contributed by atoms with Crippen molar-refractivity contribution in [2.75, 3.05) is 0 Å². The van der Waals surface area contributed by atoms with Gasteiger partial charge in [0.15, 0.2) is 0 Å². The second kappa shape index (κ2) is 6.20. The summed E-state index contributed by atoms with van der Waals surface area (Å²) < 4.78 is 1.90. The minimum Gasteiger partial charge on any atom is -0.302 e. The van der Waals surface area contributed by atoms with Gasteiger partial charge in [-0.25, -0.2) is 9.67 Å². The van der Waals surface area contributed by atoms with Crippen molar-refractivity contribution in [3.05, 3.63) is 64.4 Å². The van der Waals surface area contributed by atoms with E-state index in [1.807, 2.05) is 54.2 Å². The monoisotopic (exact) mass is 298 g/mol. The Labute approximate surface area is 128 Å². The maximum Gasteiger partial charge on any atom is 0.110 e. The van der Waals surface area contributed by atoms with Crippen LogP contribution < -0.4 is 5.32 Å². The number of rotatable bonds is 5. The van der Waals surface area contributed by atoms with Gasteiger partial charge < -0.3 is 5.32 Å². The van der Waals surface area contributed by atoms with Crippen LogP contribution in [-0.2, 0) is 6.54 Å². The number of aromatic nitrogens is 3. The number of aryl methyl sites for hydroxylation is 1. The van der Waals surface area contributed by atoms with Crippen LogP contribution in [0.4, 0.5) is 0 Å². The molecule has 21 heavy (non-hydrogen) atoms. The second-order valence-corrected chi connectivity index (χ2v) is 5.91. The fourth-order valence-corrected chi connectivity index (χ4v) is 2.92. The molecule has 0 saturated heterocycles. The minimum absolute atomic E-state index is 0.241. The lowest BCUT2D eigenvalue weighted by molar-refractivity contribution is 0.561. The molecule has 0 aliphatic heterocycles. The summed E-state index contributed by atoms with van der Waals surface area (Å²) in [7, 11) is 0. The number of hydrogen-bond donors (Lipinski definition) is 1. The summed E-state index contributed by atoms with van der Waals surface area (Å²) in [4.78, 5) is 4.51. The first-order valence-corrected chi connectivity index (χ1v) is 7.86. The van der Waals surface area contributed by atoms with E-state index in [4.69, 9.17) is 0 Å². The van der Waals surface area contributed by atoms with E-state index in [0.29, 0.717) is 0 Å². The molecule has 0 bridgehead atoms. The molecule has 1 atom stereocenters. The Kier molecular flexibility index (Phi) is 4.13. The normalized spacial score (nSPS) is 12.5. The van der Waals surface area contributed by atoms with E-state index in [-0.39, 0.29) is 6.04 Å². The topological polar surface area (TPSA) is 42.7 Å². The number of nitrogens with one attached hydrogen (secondary N) is 1. The summed E-state index contributed by atoms with van der Waals surface area (Å²) in [5.74, 6) is 0. The molecule has 3 rings (SSSR count). The third-order valence-corrected chi connectivity index (χ3v) is 4.41. The second-order valence-electron chi connectivity index (χ2n) is 5.02. The Morgan fingerprint density at radius 3 is 2.76 bits per heavy atom. The lowest BCUT2D eigenvalue weighted by Crippen LogP contribution is -2.18. The van der Waals surface area contributed by atoms with Crippen molar-refractivity contribution in [1.29, 1.82) is 0 Å². The van der Waals surface area contributed by atoms with E-state index in [2.05, 4.69) is 27.7 Å². The van der Waals surface area contributed by atoms with Crippen LogP contribution in [0.1, 0.15) is 29.4 Å². The number of para-hydroxylation sites is 1. The molecule has 2 heterocycles. The van der Waals surface area contributed by atoms with E-state index in [9.17, 15) is 0 Å². The summed E-state index contributed by atoms with van der Waals surface area (Å²) in [6.07, 6.45) is 1.99. The van der Waals surface area contributed by atoms with Crippen molar-refractivity contribution in [2.45, 2.75) is 26.4 Å². The fraction of sp³-hybridized carbons (Fsp3) is 0.250. The molecule has 0 amide bonds. The van der Waals surface area contributed by atoms with Crippen LogP contribution in [0.25, 0.3) is 5.69 Å². The van der Waals surface area contributed by atoms with Gasteiger partial charge in [0.2, 0.25) is 0 Å². The highest BCUT2D eigenvalue weighted by atomic mass is 32.1. The third kappa shape index (κ3) is 3.37. The molecule has 5 heteroatoms. The van der Waals surface area contributed by atoms with Crippen LogP contribution >= 0.6 is 11.3 Å².